The fourth-order valence-electron chi connectivity index (χ4n) is 2.24. The Bertz CT molecular complexity index is 806. The number of fused-ring (bicyclic) bond motifs is 1. The first-order valence-corrected chi connectivity index (χ1v) is 7.23. The van der Waals surface area contributed by atoms with E-state index in [1.54, 1.807) is 15.9 Å². The number of para-hydroxylation sites is 2. The molecular weight excluding hydrogens is 270 g/mol. The molecule has 0 aliphatic rings. The predicted octanol–water partition coefficient (Wildman–Crippen LogP) is 2.47. The van der Waals surface area contributed by atoms with Crippen LogP contribution >= 0.6 is 11.3 Å². The second-order valence-electron chi connectivity index (χ2n) is 4.75. The largest absolute Gasteiger partial charge is 0.322 e. The van der Waals surface area contributed by atoms with Crippen LogP contribution in [0, 0.1) is 6.92 Å². The first-order valence-electron chi connectivity index (χ1n) is 6.41. The van der Waals surface area contributed by atoms with E-state index in [9.17, 15) is 4.79 Å². The lowest BCUT2D eigenvalue weighted by atomic mass is 10.2. The van der Waals surface area contributed by atoms with Gasteiger partial charge in [-0.25, -0.2) is 4.98 Å². The first-order chi connectivity index (χ1) is 9.65. The van der Waals surface area contributed by atoms with Gasteiger partial charge >= 0.3 is 0 Å². The third-order valence-electron chi connectivity index (χ3n) is 3.26. The summed E-state index contributed by atoms with van der Waals surface area (Å²) in [6, 6.07) is 11.5. The fraction of sp³-hybridized carbons (Fsp3) is 0.200. The van der Waals surface area contributed by atoms with Gasteiger partial charge in [0.05, 0.1) is 23.3 Å². The first kappa shape index (κ1) is 13.0. The molecule has 0 aliphatic heterocycles. The molecule has 2 aromatic heterocycles. The van der Waals surface area contributed by atoms with E-state index in [2.05, 4.69) is 11.9 Å². The van der Waals surface area contributed by atoms with Gasteiger partial charge in [-0.3, -0.25) is 4.79 Å². The summed E-state index contributed by atoms with van der Waals surface area (Å²) in [4.78, 5) is 18.5. The highest BCUT2D eigenvalue weighted by molar-refractivity contribution is 7.12. The van der Waals surface area contributed by atoms with Crippen LogP contribution in [0.5, 0.6) is 0 Å². The lowest BCUT2D eigenvalue weighted by molar-refractivity contribution is 0.583. The van der Waals surface area contributed by atoms with Crippen LogP contribution in [0.2, 0.25) is 0 Å². The zero-order chi connectivity index (χ0) is 14.1. The Hall–Kier alpha value is -1.98. The van der Waals surface area contributed by atoms with Crippen molar-refractivity contribution in [3.63, 3.8) is 0 Å². The molecule has 2 N–H and O–H groups in total. The van der Waals surface area contributed by atoms with Gasteiger partial charge in [0.25, 0.3) is 5.56 Å². The van der Waals surface area contributed by atoms with Crippen molar-refractivity contribution in [2.45, 2.75) is 19.5 Å². The van der Waals surface area contributed by atoms with Gasteiger partial charge in [0, 0.05) is 16.3 Å². The molecule has 0 amide bonds. The molecular formula is C15H15N3OS. The summed E-state index contributed by atoms with van der Waals surface area (Å²) < 4.78 is 1.70. The minimum Gasteiger partial charge on any atom is -0.322 e. The summed E-state index contributed by atoms with van der Waals surface area (Å²) in [5.41, 5.74) is 7.74. The molecule has 4 nitrogen and oxygen atoms in total. The van der Waals surface area contributed by atoms with Crippen LogP contribution < -0.4 is 11.3 Å². The maximum absolute atomic E-state index is 12.1. The van der Waals surface area contributed by atoms with Crippen molar-refractivity contribution in [1.29, 1.82) is 0 Å². The van der Waals surface area contributed by atoms with E-state index >= 15 is 0 Å². The zero-order valence-electron chi connectivity index (χ0n) is 11.1. The van der Waals surface area contributed by atoms with Crippen LogP contribution in [-0.2, 0) is 6.54 Å². The highest BCUT2D eigenvalue weighted by Gasteiger charge is 2.12. The Kier molecular flexibility index (Phi) is 3.38. The van der Waals surface area contributed by atoms with Crippen LogP contribution in [0.3, 0.4) is 0 Å². The topological polar surface area (TPSA) is 60.9 Å². The quantitative estimate of drug-likeness (QED) is 0.804. The van der Waals surface area contributed by atoms with Crippen molar-refractivity contribution in [2.24, 2.45) is 5.73 Å². The number of nitrogens with zero attached hydrogens (tertiary/aromatic N) is 2. The number of hydrogen-bond donors (Lipinski definition) is 1. The van der Waals surface area contributed by atoms with Gasteiger partial charge in [-0.05, 0) is 31.2 Å². The molecule has 1 unspecified atom stereocenters. The van der Waals surface area contributed by atoms with Crippen molar-refractivity contribution in [3.05, 3.63) is 62.7 Å². The van der Waals surface area contributed by atoms with Crippen LogP contribution in [0.15, 0.2) is 47.4 Å². The maximum atomic E-state index is 12.1. The van der Waals surface area contributed by atoms with Crippen molar-refractivity contribution in [1.82, 2.24) is 9.55 Å². The highest BCUT2D eigenvalue weighted by atomic mass is 32.1. The zero-order valence-corrected chi connectivity index (χ0v) is 11.9. The van der Waals surface area contributed by atoms with Crippen LogP contribution in [0.25, 0.3) is 11.0 Å². The molecule has 5 heteroatoms. The number of nitrogens with two attached hydrogens (primary N) is 1. The second-order valence-corrected chi connectivity index (χ2v) is 6.07. The molecule has 0 saturated carbocycles. The molecule has 2 heterocycles. The number of thiophene rings is 1. The SMILES string of the molecule is Cc1ccc(C(N)Cn2c(=O)cnc3ccccc32)s1. The van der Waals surface area contributed by atoms with E-state index in [0.29, 0.717) is 6.54 Å². The molecule has 0 saturated heterocycles. The molecule has 0 radical (unpaired) electrons. The smallest absolute Gasteiger partial charge is 0.269 e. The molecule has 102 valence electrons. The summed E-state index contributed by atoms with van der Waals surface area (Å²) in [6.45, 7) is 2.51. The normalized spacial score (nSPS) is 12.7. The highest BCUT2D eigenvalue weighted by Crippen LogP contribution is 2.22. The number of aromatic nitrogens is 2. The lowest BCUT2D eigenvalue weighted by Gasteiger charge is -2.14. The van der Waals surface area contributed by atoms with E-state index in [4.69, 9.17) is 5.73 Å². The summed E-state index contributed by atoms with van der Waals surface area (Å²) in [5.74, 6) is 0. The van der Waals surface area contributed by atoms with E-state index < -0.39 is 0 Å². The average molecular weight is 285 g/mol. The molecule has 3 aromatic rings. The van der Waals surface area contributed by atoms with Crippen LogP contribution in [0.1, 0.15) is 15.8 Å². The Morgan fingerprint density at radius 3 is 2.85 bits per heavy atom. The van der Waals surface area contributed by atoms with Crippen molar-refractivity contribution in [2.75, 3.05) is 0 Å². The van der Waals surface area contributed by atoms with E-state index in [-0.39, 0.29) is 11.6 Å². The van der Waals surface area contributed by atoms with Gasteiger partial charge in [0.1, 0.15) is 0 Å². The Balaban J connectivity index is 2.02. The van der Waals surface area contributed by atoms with Crippen molar-refractivity contribution < 1.29 is 0 Å². The van der Waals surface area contributed by atoms with Gasteiger partial charge in [-0.15, -0.1) is 11.3 Å². The number of benzene rings is 1. The van der Waals surface area contributed by atoms with E-state index in [1.807, 2.05) is 36.4 Å². The second kappa shape index (κ2) is 5.19. The molecule has 0 spiro atoms. The monoisotopic (exact) mass is 285 g/mol. The summed E-state index contributed by atoms with van der Waals surface area (Å²) >= 11 is 1.67. The summed E-state index contributed by atoms with van der Waals surface area (Å²) in [5, 5.41) is 0. The van der Waals surface area contributed by atoms with Crippen molar-refractivity contribution in [3.8, 4) is 0 Å². The van der Waals surface area contributed by atoms with E-state index in [1.165, 1.54) is 11.1 Å². The fourth-order valence-corrected chi connectivity index (χ4v) is 3.11. The minimum atomic E-state index is -0.183. The Morgan fingerprint density at radius 2 is 2.10 bits per heavy atom. The van der Waals surface area contributed by atoms with Gasteiger partial charge in [-0.1, -0.05) is 12.1 Å². The molecule has 0 bridgehead atoms. The number of hydrogen-bond acceptors (Lipinski definition) is 4. The Morgan fingerprint density at radius 1 is 1.30 bits per heavy atom. The molecule has 3 rings (SSSR count). The predicted molar refractivity (Wildman–Crippen MR) is 82.0 cm³/mol. The molecule has 1 aromatic carbocycles. The third-order valence-corrected chi connectivity index (χ3v) is 4.39. The summed E-state index contributed by atoms with van der Waals surface area (Å²) in [7, 11) is 0. The molecule has 0 aliphatic carbocycles. The minimum absolute atomic E-state index is 0.118. The third kappa shape index (κ3) is 2.37. The number of rotatable bonds is 3. The maximum Gasteiger partial charge on any atom is 0.269 e. The lowest BCUT2D eigenvalue weighted by Crippen LogP contribution is -2.26. The molecule has 0 fully saturated rings. The van der Waals surface area contributed by atoms with Gasteiger partial charge < -0.3 is 10.3 Å². The average Bonchev–Trinajstić information content (AvgIpc) is 2.89. The van der Waals surface area contributed by atoms with Crippen LogP contribution in [-0.4, -0.2) is 9.55 Å². The number of aryl methyl sites for hydroxylation is 1. The van der Waals surface area contributed by atoms with Crippen molar-refractivity contribution >= 4 is 22.4 Å². The molecule has 1 atom stereocenters. The van der Waals surface area contributed by atoms with Crippen LogP contribution in [0.4, 0.5) is 0 Å². The van der Waals surface area contributed by atoms with Gasteiger partial charge in [0.2, 0.25) is 0 Å². The standard InChI is InChI=1S/C15H15N3OS/c1-10-6-7-14(20-10)11(16)9-18-13-5-3-2-4-12(13)17-8-15(18)19/h2-8,11H,9,16H2,1H3. The van der Waals surface area contributed by atoms with Gasteiger partial charge in [0.15, 0.2) is 0 Å². The Labute approximate surface area is 120 Å². The van der Waals surface area contributed by atoms with Gasteiger partial charge in [-0.2, -0.15) is 0 Å². The molecule has 20 heavy (non-hydrogen) atoms. The van der Waals surface area contributed by atoms with E-state index in [0.717, 1.165) is 15.9 Å². The summed E-state index contributed by atoms with van der Waals surface area (Å²) in [6.07, 6.45) is 1.36.